The fourth-order valence-electron chi connectivity index (χ4n) is 4.40. The molecule has 1 aliphatic carbocycles. The highest BCUT2D eigenvalue weighted by Crippen LogP contribution is 2.56. The van der Waals surface area contributed by atoms with Gasteiger partial charge in [-0.1, -0.05) is 54.6 Å². The van der Waals surface area contributed by atoms with E-state index in [1.54, 1.807) is 24.5 Å². The summed E-state index contributed by atoms with van der Waals surface area (Å²) in [5, 5.41) is 21.7. The maximum Gasteiger partial charge on any atom is 0.313 e. The highest BCUT2D eigenvalue weighted by molar-refractivity contribution is 5.93. The summed E-state index contributed by atoms with van der Waals surface area (Å²) in [6.07, 6.45) is 1.15. The number of amides is 1. The molecule has 31 heavy (non-hydrogen) atoms. The van der Waals surface area contributed by atoms with Gasteiger partial charge in [-0.2, -0.15) is 0 Å². The topological polar surface area (TPSA) is 95.9 Å². The summed E-state index contributed by atoms with van der Waals surface area (Å²) in [5.41, 5.74) is 3.33. The van der Waals surface area contributed by atoms with Gasteiger partial charge in [0.25, 0.3) is 0 Å². The minimum Gasteiger partial charge on any atom is -0.508 e. The van der Waals surface area contributed by atoms with E-state index >= 15 is 0 Å². The third kappa shape index (κ3) is 3.99. The number of hydrogen-bond donors (Lipinski definition) is 3. The summed E-state index contributed by atoms with van der Waals surface area (Å²) in [5.74, 6) is -1.47. The molecule has 0 aliphatic heterocycles. The summed E-state index contributed by atoms with van der Waals surface area (Å²) in [6.45, 7) is 1.94. The lowest BCUT2D eigenvalue weighted by Gasteiger charge is -2.17. The first-order chi connectivity index (χ1) is 15.0. The SMILES string of the molecule is CCOC(=O)C1(Cc2ccc(O)c(Cc3cccc4ccccc34)c2)CC1C(=O)NO. The standard InChI is InChI=1S/C25H25NO5/c1-2-31-24(29)25(15-21(25)23(28)26-30)14-16-10-11-22(27)19(12-16)13-18-8-5-7-17-6-3-4-9-20(17)18/h3-12,21,27,30H,2,13-15H2,1H3,(H,26,28). The van der Waals surface area contributed by atoms with E-state index in [0.717, 1.165) is 27.5 Å². The molecular formula is C25H25NO5. The van der Waals surface area contributed by atoms with Crippen LogP contribution in [0.1, 0.15) is 30.0 Å². The lowest BCUT2D eigenvalue weighted by atomic mass is 9.91. The van der Waals surface area contributed by atoms with Crippen molar-refractivity contribution in [3.63, 3.8) is 0 Å². The number of carbonyl (C=O) groups is 2. The Morgan fingerprint density at radius 3 is 2.65 bits per heavy atom. The van der Waals surface area contributed by atoms with Crippen molar-refractivity contribution in [1.29, 1.82) is 0 Å². The van der Waals surface area contributed by atoms with Crippen LogP contribution in [0, 0.1) is 11.3 Å². The molecule has 6 nitrogen and oxygen atoms in total. The van der Waals surface area contributed by atoms with Gasteiger partial charge in [-0.3, -0.25) is 14.8 Å². The number of carbonyl (C=O) groups excluding carboxylic acids is 2. The molecule has 2 unspecified atom stereocenters. The zero-order chi connectivity index (χ0) is 22.0. The number of benzene rings is 3. The van der Waals surface area contributed by atoms with Gasteiger partial charge in [0.15, 0.2) is 0 Å². The molecule has 6 heteroatoms. The largest absolute Gasteiger partial charge is 0.508 e. The molecule has 3 aromatic rings. The van der Waals surface area contributed by atoms with Gasteiger partial charge in [-0.25, -0.2) is 5.48 Å². The number of hydrogen-bond acceptors (Lipinski definition) is 5. The van der Waals surface area contributed by atoms with E-state index in [2.05, 4.69) is 18.2 Å². The van der Waals surface area contributed by atoms with Crippen molar-refractivity contribution in [3.8, 4) is 5.75 Å². The molecule has 1 fully saturated rings. The van der Waals surface area contributed by atoms with Gasteiger partial charge in [0.05, 0.1) is 17.9 Å². The van der Waals surface area contributed by atoms with Crippen molar-refractivity contribution in [3.05, 3.63) is 77.4 Å². The quantitative estimate of drug-likeness (QED) is 0.308. The number of phenolic OH excluding ortho intramolecular Hbond substituents is 1. The van der Waals surface area contributed by atoms with Crippen molar-refractivity contribution in [2.75, 3.05) is 6.61 Å². The zero-order valence-corrected chi connectivity index (χ0v) is 17.3. The number of aromatic hydroxyl groups is 1. The summed E-state index contributed by atoms with van der Waals surface area (Å²) < 4.78 is 5.21. The van der Waals surface area contributed by atoms with Crippen LogP contribution in [-0.2, 0) is 27.2 Å². The number of esters is 1. The van der Waals surface area contributed by atoms with E-state index in [4.69, 9.17) is 9.94 Å². The van der Waals surface area contributed by atoms with Gasteiger partial charge in [0.2, 0.25) is 5.91 Å². The van der Waals surface area contributed by atoms with Gasteiger partial charge in [-0.05, 0) is 53.3 Å². The monoisotopic (exact) mass is 419 g/mol. The number of ether oxygens (including phenoxy) is 1. The fourth-order valence-corrected chi connectivity index (χ4v) is 4.40. The fraction of sp³-hybridized carbons (Fsp3) is 0.280. The van der Waals surface area contributed by atoms with Gasteiger partial charge >= 0.3 is 5.97 Å². The Balaban J connectivity index is 1.63. The molecule has 4 rings (SSSR count). The maximum absolute atomic E-state index is 12.6. The molecule has 0 saturated heterocycles. The highest BCUT2D eigenvalue weighted by atomic mass is 16.5. The second-order valence-corrected chi connectivity index (χ2v) is 8.06. The lowest BCUT2D eigenvalue weighted by molar-refractivity contribution is -0.152. The first kappa shape index (κ1) is 20.9. The summed E-state index contributed by atoms with van der Waals surface area (Å²) in [4.78, 5) is 24.6. The van der Waals surface area contributed by atoms with Crippen LogP contribution in [0.25, 0.3) is 10.8 Å². The summed E-state index contributed by atoms with van der Waals surface area (Å²) in [6, 6.07) is 19.4. The molecule has 0 aromatic heterocycles. The Hall–Kier alpha value is -3.38. The van der Waals surface area contributed by atoms with E-state index in [9.17, 15) is 14.7 Å². The van der Waals surface area contributed by atoms with E-state index in [1.165, 1.54) is 0 Å². The Bertz CT molecular complexity index is 1140. The zero-order valence-electron chi connectivity index (χ0n) is 17.3. The van der Waals surface area contributed by atoms with Crippen LogP contribution in [0.4, 0.5) is 0 Å². The van der Waals surface area contributed by atoms with E-state index < -0.39 is 23.2 Å². The molecule has 1 saturated carbocycles. The van der Waals surface area contributed by atoms with E-state index in [0.29, 0.717) is 19.3 Å². The highest BCUT2D eigenvalue weighted by Gasteiger charge is 2.64. The molecule has 0 radical (unpaired) electrons. The van der Waals surface area contributed by atoms with Gasteiger partial charge in [-0.15, -0.1) is 0 Å². The number of hydroxylamine groups is 1. The molecule has 2 atom stereocenters. The number of phenols is 1. The second-order valence-electron chi connectivity index (χ2n) is 8.06. The number of rotatable bonds is 7. The first-order valence-electron chi connectivity index (χ1n) is 10.4. The Morgan fingerprint density at radius 2 is 1.87 bits per heavy atom. The minimum absolute atomic E-state index is 0.183. The van der Waals surface area contributed by atoms with Gasteiger partial charge in [0, 0.05) is 6.42 Å². The molecule has 3 aromatic carbocycles. The Labute approximate surface area is 180 Å². The Morgan fingerprint density at radius 1 is 1.10 bits per heavy atom. The van der Waals surface area contributed by atoms with Crippen molar-refractivity contribution in [2.24, 2.45) is 11.3 Å². The molecular weight excluding hydrogens is 394 g/mol. The van der Waals surface area contributed by atoms with Crippen LogP contribution < -0.4 is 5.48 Å². The number of nitrogens with one attached hydrogen (secondary N) is 1. The van der Waals surface area contributed by atoms with Crippen molar-refractivity contribution >= 4 is 22.6 Å². The van der Waals surface area contributed by atoms with Crippen LogP contribution in [0.3, 0.4) is 0 Å². The number of fused-ring (bicyclic) bond motifs is 1. The molecule has 1 amide bonds. The Kier molecular flexibility index (Phi) is 5.65. The normalized spacial score (nSPS) is 19.7. The van der Waals surface area contributed by atoms with Crippen molar-refractivity contribution < 1.29 is 24.6 Å². The predicted octanol–water partition coefficient (Wildman–Crippen LogP) is 3.75. The lowest BCUT2D eigenvalue weighted by Crippen LogP contribution is -2.30. The van der Waals surface area contributed by atoms with Crippen LogP contribution in [0.15, 0.2) is 60.7 Å². The summed E-state index contributed by atoms with van der Waals surface area (Å²) >= 11 is 0. The van der Waals surface area contributed by atoms with Crippen molar-refractivity contribution in [1.82, 2.24) is 5.48 Å². The van der Waals surface area contributed by atoms with Gasteiger partial charge < -0.3 is 9.84 Å². The first-order valence-corrected chi connectivity index (χ1v) is 10.4. The molecule has 160 valence electrons. The smallest absolute Gasteiger partial charge is 0.313 e. The van der Waals surface area contributed by atoms with Crippen LogP contribution >= 0.6 is 0 Å². The van der Waals surface area contributed by atoms with Crippen LogP contribution in [0.5, 0.6) is 5.75 Å². The minimum atomic E-state index is -0.990. The average Bonchev–Trinajstić information content (AvgIpc) is 3.51. The molecule has 0 spiro atoms. The second kappa shape index (κ2) is 8.40. The summed E-state index contributed by atoms with van der Waals surface area (Å²) in [7, 11) is 0. The maximum atomic E-state index is 12.6. The van der Waals surface area contributed by atoms with Gasteiger partial charge in [0.1, 0.15) is 5.75 Å². The average molecular weight is 419 g/mol. The molecule has 1 aliphatic rings. The molecule has 0 heterocycles. The molecule has 0 bridgehead atoms. The van der Waals surface area contributed by atoms with Crippen LogP contribution in [-0.4, -0.2) is 28.8 Å². The molecule has 3 N–H and O–H groups in total. The van der Waals surface area contributed by atoms with E-state index in [1.807, 2.05) is 30.3 Å². The van der Waals surface area contributed by atoms with E-state index in [-0.39, 0.29) is 12.4 Å². The third-order valence-corrected chi connectivity index (χ3v) is 6.11. The predicted molar refractivity (Wildman–Crippen MR) is 116 cm³/mol. The van der Waals surface area contributed by atoms with Crippen LogP contribution in [0.2, 0.25) is 0 Å². The third-order valence-electron chi connectivity index (χ3n) is 6.11. The van der Waals surface area contributed by atoms with Crippen molar-refractivity contribution in [2.45, 2.75) is 26.2 Å².